The Kier molecular flexibility index (Phi) is 2.32. The molecular weight excluding hydrogens is 257 g/mol. The smallest absolute Gasteiger partial charge is 0.154 e. The van der Waals surface area contributed by atoms with Crippen molar-refractivity contribution >= 4 is 27.5 Å². The molecule has 1 fully saturated rings. The van der Waals surface area contributed by atoms with Crippen LogP contribution in [0.25, 0.3) is 0 Å². The Morgan fingerprint density at radius 3 is 2.85 bits per heavy atom. The van der Waals surface area contributed by atoms with E-state index in [4.69, 9.17) is 16.3 Å². The molecule has 1 aliphatic rings. The van der Waals surface area contributed by atoms with E-state index in [9.17, 15) is 5.11 Å². The summed E-state index contributed by atoms with van der Waals surface area (Å²) in [6.07, 6.45) is 1.57. The molecule has 0 amide bonds. The van der Waals surface area contributed by atoms with Gasteiger partial charge in [-0.3, -0.25) is 4.98 Å². The van der Waals surface area contributed by atoms with Crippen molar-refractivity contribution in [1.82, 2.24) is 4.98 Å². The highest BCUT2D eigenvalue weighted by atomic mass is 79.9. The highest BCUT2D eigenvalue weighted by Crippen LogP contribution is 2.35. The second-order valence-corrected chi connectivity index (χ2v) is 4.18. The van der Waals surface area contributed by atoms with Crippen LogP contribution in [0.2, 0.25) is 5.02 Å². The van der Waals surface area contributed by atoms with Gasteiger partial charge in [-0.15, -0.1) is 0 Å². The zero-order chi connectivity index (χ0) is 9.47. The number of hydrogen-bond acceptors (Lipinski definition) is 3. The molecule has 70 valence electrons. The lowest BCUT2D eigenvalue weighted by Gasteiger charge is -2.36. The Hall–Kier alpha value is -0.160. The molecule has 1 N–H and O–H groups in total. The van der Waals surface area contributed by atoms with Crippen molar-refractivity contribution in [2.45, 2.75) is 5.60 Å². The molecule has 0 atom stereocenters. The number of pyridine rings is 1. The molecule has 0 radical (unpaired) electrons. The van der Waals surface area contributed by atoms with E-state index in [0.717, 1.165) is 0 Å². The second kappa shape index (κ2) is 3.20. The first-order valence-corrected chi connectivity index (χ1v) is 4.91. The molecule has 2 rings (SSSR count). The minimum Gasteiger partial charge on any atom is -0.379 e. The van der Waals surface area contributed by atoms with Crippen LogP contribution in [0.1, 0.15) is 5.69 Å². The first-order valence-electron chi connectivity index (χ1n) is 3.74. The summed E-state index contributed by atoms with van der Waals surface area (Å²) >= 11 is 9.14. The molecule has 1 saturated heterocycles. The molecule has 1 aromatic rings. The van der Waals surface area contributed by atoms with Crippen LogP contribution in [0, 0.1) is 0 Å². The van der Waals surface area contributed by atoms with Crippen molar-refractivity contribution in [1.29, 1.82) is 0 Å². The van der Waals surface area contributed by atoms with E-state index in [-0.39, 0.29) is 13.2 Å². The minimum absolute atomic E-state index is 0.277. The molecule has 1 aromatic heterocycles. The lowest BCUT2D eigenvalue weighted by molar-refractivity contribution is -0.187. The molecule has 1 aliphatic heterocycles. The van der Waals surface area contributed by atoms with Crippen LogP contribution in [0.3, 0.4) is 0 Å². The fraction of sp³-hybridized carbons (Fsp3) is 0.375. The third-order valence-electron chi connectivity index (χ3n) is 1.96. The van der Waals surface area contributed by atoms with Crippen molar-refractivity contribution in [2.24, 2.45) is 0 Å². The van der Waals surface area contributed by atoms with Crippen molar-refractivity contribution in [3.8, 4) is 0 Å². The Balaban J connectivity index is 2.45. The molecule has 5 heteroatoms. The molecule has 0 aromatic carbocycles. The number of nitrogens with zero attached hydrogens (tertiary/aromatic N) is 1. The number of ether oxygens (including phenoxy) is 1. The first-order chi connectivity index (χ1) is 6.13. The van der Waals surface area contributed by atoms with Crippen LogP contribution >= 0.6 is 27.5 Å². The van der Waals surface area contributed by atoms with Gasteiger partial charge in [0.15, 0.2) is 5.60 Å². The maximum Gasteiger partial charge on any atom is 0.154 e. The zero-order valence-electron chi connectivity index (χ0n) is 6.63. The van der Waals surface area contributed by atoms with Crippen LogP contribution in [0.5, 0.6) is 0 Å². The van der Waals surface area contributed by atoms with Gasteiger partial charge >= 0.3 is 0 Å². The third kappa shape index (κ3) is 1.48. The summed E-state index contributed by atoms with van der Waals surface area (Å²) in [5, 5.41) is 10.5. The monoisotopic (exact) mass is 263 g/mol. The van der Waals surface area contributed by atoms with E-state index >= 15 is 0 Å². The van der Waals surface area contributed by atoms with E-state index in [2.05, 4.69) is 20.9 Å². The lowest BCUT2D eigenvalue weighted by Crippen LogP contribution is -2.47. The predicted octanol–water partition coefficient (Wildman–Crippen LogP) is 1.72. The summed E-state index contributed by atoms with van der Waals surface area (Å²) < 4.78 is 5.57. The Morgan fingerprint density at radius 1 is 1.62 bits per heavy atom. The van der Waals surface area contributed by atoms with Crippen molar-refractivity contribution in [2.75, 3.05) is 13.2 Å². The topological polar surface area (TPSA) is 42.4 Å². The molecule has 13 heavy (non-hydrogen) atoms. The van der Waals surface area contributed by atoms with Crippen LogP contribution in [0.15, 0.2) is 16.7 Å². The normalized spacial score (nSPS) is 19.6. The largest absolute Gasteiger partial charge is 0.379 e. The fourth-order valence-electron chi connectivity index (χ4n) is 1.18. The second-order valence-electron chi connectivity index (χ2n) is 2.98. The van der Waals surface area contributed by atoms with Crippen molar-refractivity contribution < 1.29 is 9.84 Å². The van der Waals surface area contributed by atoms with Gasteiger partial charge in [-0.1, -0.05) is 11.6 Å². The summed E-state index contributed by atoms with van der Waals surface area (Å²) in [5.74, 6) is 0. The number of halogens is 2. The number of rotatable bonds is 1. The molecular formula is C8H7BrClNO2. The molecule has 2 heterocycles. The van der Waals surface area contributed by atoms with E-state index in [1.54, 1.807) is 12.3 Å². The van der Waals surface area contributed by atoms with E-state index in [1.807, 2.05) is 0 Å². The molecule has 0 unspecified atom stereocenters. The molecule has 3 nitrogen and oxygen atoms in total. The van der Waals surface area contributed by atoms with Gasteiger partial charge in [0.05, 0.1) is 28.4 Å². The van der Waals surface area contributed by atoms with Crippen molar-refractivity contribution in [3.63, 3.8) is 0 Å². The lowest BCUT2D eigenvalue weighted by atomic mass is 9.97. The highest BCUT2D eigenvalue weighted by molar-refractivity contribution is 9.10. The van der Waals surface area contributed by atoms with Gasteiger partial charge < -0.3 is 9.84 Å². The standard InChI is InChI=1S/C8H7BrClNO2/c9-6-5(10)1-2-11-7(6)8(12)3-13-4-8/h1-2,12H,3-4H2. The van der Waals surface area contributed by atoms with Crippen molar-refractivity contribution in [3.05, 3.63) is 27.5 Å². The van der Waals surface area contributed by atoms with E-state index in [1.165, 1.54) is 0 Å². The third-order valence-corrected chi connectivity index (χ3v) is 3.31. The summed E-state index contributed by atoms with van der Waals surface area (Å²) in [7, 11) is 0. The Labute approximate surface area is 88.8 Å². The van der Waals surface area contributed by atoms with Crippen LogP contribution in [-0.2, 0) is 10.3 Å². The van der Waals surface area contributed by atoms with Gasteiger partial charge in [-0.2, -0.15) is 0 Å². The number of aliphatic hydroxyl groups is 1. The average Bonchev–Trinajstić information content (AvgIpc) is 2.06. The Bertz CT molecular complexity index is 341. The summed E-state index contributed by atoms with van der Waals surface area (Å²) in [6.45, 7) is 0.553. The molecule has 0 spiro atoms. The zero-order valence-corrected chi connectivity index (χ0v) is 8.97. The molecule has 0 bridgehead atoms. The summed E-state index contributed by atoms with van der Waals surface area (Å²) in [4.78, 5) is 4.07. The van der Waals surface area contributed by atoms with Gasteiger partial charge in [0, 0.05) is 6.20 Å². The van der Waals surface area contributed by atoms with E-state index in [0.29, 0.717) is 15.2 Å². The summed E-state index contributed by atoms with van der Waals surface area (Å²) in [5.41, 5.74) is -0.421. The SMILES string of the molecule is OC1(c2nccc(Cl)c2Br)COC1. The maximum absolute atomic E-state index is 9.91. The minimum atomic E-state index is -0.969. The van der Waals surface area contributed by atoms with Crippen LogP contribution in [0.4, 0.5) is 0 Å². The van der Waals surface area contributed by atoms with Gasteiger partial charge in [0.2, 0.25) is 0 Å². The maximum atomic E-state index is 9.91. The molecule has 0 saturated carbocycles. The quantitative estimate of drug-likeness (QED) is 0.840. The van der Waals surface area contributed by atoms with Gasteiger partial charge in [0.1, 0.15) is 0 Å². The number of aromatic nitrogens is 1. The van der Waals surface area contributed by atoms with E-state index < -0.39 is 5.60 Å². The number of hydrogen-bond donors (Lipinski definition) is 1. The van der Waals surface area contributed by atoms with Crippen LogP contribution in [-0.4, -0.2) is 23.3 Å². The first kappa shape index (κ1) is 9.40. The Morgan fingerprint density at radius 2 is 2.31 bits per heavy atom. The van der Waals surface area contributed by atoms with Gasteiger partial charge in [0.25, 0.3) is 0 Å². The van der Waals surface area contributed by atoms with Crippen LogP contribution < -0.4 is 0 Å². The molecule has 0 aliphatic carbocycles. The van der Waals surface area contributed by atoms with Gasteiger partial charge in [-0.05, 0) is 22.0 Å². The fourth-order valence-corrected chi connectivity index (χ4v) is 1.93. The summed E-state index contributed by atoms with van der Waals surface area (Å²) in [6, 6.07) is 1.66. The average molecular weight is 265 g/mol. The van der Waals surface area contributed by atoms with Gasteiger partial charge in [-0.25, -0.2) is 0 Å². The predicted molar refractivity (Wildman–Crippen MR) is 51.7 cm³/mol. The highest BCUT2D eigenvalue weighted by Gasteiger charge is 2.41.